The van der Waals surface area contributed by atoms with Crippen LogP contribution in [0.2, 0.25) is 0 Å². The highest BCUT2D eigenvalue weighted by molar-refractivity contribution is 5.52. The maximum absolute atomic E-state index is 12.6. The first-order chi connectivity index (χ1) is 8.59. The van der Waals surface area contributed by atoms with Gasteiger partial charge in [0.1, 0.15) is 0 Å². The highest BCUT2D eigenvalue weighted by atomic mass is 19.4. The maximum Gasteiger partial charge on any atom is 0.416 e. The van der Waals surface area contributed by atoms with Crippen molar-refractivity contribution in [1.82, 2.24) is 0 Å². The number of anilines is 1. The first-order valence-corrected chi connectivity index (χ1v) is 5.64. The van der Waals surface area contributed by atoms with Crippen LogP contribution < -0.4 is 4.90 Å². The summed E-state index contributed by atoms with van der Waals surface area (Å²) in [4.78, 5) is 1.44. The number of alkyl halides is 6. The van der Waals surface area contributed by atoms with E-state index in [2.05, 4.69) is 0 Å². The molecule has 0 heterocycles. The third kappa shape index (κ3) is 3.78. The Bertz CT molecular complexity index is 399. The lowest BCUT2D eigenvalue weighted by atomic mass is 10.1. The molecule has 7 heteroatoms. The van der Waals surface area contributed by atoms with Gasteiger partial charge in [-0.2, -0.15) is 26.3 Å². The molecule has 0 fully saturated rings. The lowest BCUT2D eigenvalue weighted by Crippen LogP contribution is -2.23. The molecule has 0 aliphatic heterocycles. The summed E-state index contributed by atoms with van der Waals surface area (Å²) in [5, 5.41) is 0. The molecule has 1 rings (SSSR count). The Kier molecular flexibility index (Phi) is 4.37. The Morgan fingerprint density at radius 2 is 1.16 bits per heavy atom. The number of halogens is 6. The van der Waals surface area contributed by atoms with E-state index < -0.39 is 23.5 Å². The summed E-state index contributed by atoms with van der Waals surface area (Å²) >= 11 is 0. The molecule has 0 atom stereocenters. The molecule has 0 amide bonds. The van der Waals surface area contributed by atoms with Crippen molar-refractivity contribution in [3.05, 3.63) is 29.3 Å². The molecule has 0 unspecified atom stereocenters. The van der Waals surface area contributed by atoms with E-state index in [1.54, 1.807) is 13.8 Å². The summed E-state index contributed by atoms with van der Waals surface area (Å²) < 4.78 is 75.7. The van der Waals surface area contributed by atoms with Crippen molar-refractivity contribution in [3.63, 3.8) is 0 Å². The monoisotopic (exact) mass is 285 g/mol. The highest BCUT2D eigenvalue weighted by Crippen LogP contribution is 2.38. The van der Waals surface area contributed by atoms with Crippen LogP contribution in [0.3, 0.4) is 0 Å². The maximum atomic E-state index is 12.6. The fraction of sp³-hybridized carbons (Fsp3) is 0.500. The molecule has 0 saturated carbocycles. The minimum Gasteiger partial charge on any atom is -0.372 e. The van der Waals surface area contributed by atoms with Crippen LogP contribution in [0, 0.1) is 0 Å². The Balaban J connectivity index is 3.41. The number of hydrogen-bond acceptors (Lipinski definition) is 1. The zero-order valence-corrected chi connectivity index (χ0v) is 10.4. The average molecular weight is 285 g/mol. The molecule has 1 aromatic carbocycles. The molecule has 0 saturated heterocycles. The van der Waals surface area contributed by atoms with Gasteiger partial charge in [-0.3, -0.25) is 0 Å². The smallest absolute Gasteiger partial charge is 0.372 e. The van der Waals surface area contributed by atoms with Crippen LogP contribution in [-0.4, -0.2) is 13.1 Å². The van der Waals surface area contributed by atoms with E-state index in [-0.39, 0.29) is 11.8 Å². The summed E-state index contributed by atoms with van der Waals surface area (Å²) in [6.07, 6.45) is -9.60. The molecule has 19 heavy (non-hydrogen) atoms. The third-order valence-corrected chi connectivity index (χ3v) is 2.70. The van der Waals surface area contributed by atoms with E-state index in [1.807, 2.05) is 0 Å². The van der Waals surface area contributed by atoms with Gasteiger partial charge in [0.15, 0.2) is 0 Å². The van der Waals surface area contributed by atoms with Gasteiger partial charge in [-0.1, -0.05) is 0 Å². The number of hydrogen-bond donors (Lipinski definition) is 0. The lowest BCUT2D eigenvalue weighted by Gasteiger charge is -2.23. The van der Waals surface area contributed by atoms with E-state index in [0.717, 1.165) is 12.1 Å². The van der Waals surface area contributed by atoms with E-state index in [9.17, 15) is 26.3 Å². The topological polar surface area (TPSA) is 3.24 Å². The second kappa shape index (κ2) is 5.30. The van der Waals surface area contributed by atoms with Crippen LogP contribution in [0.4, 0.5) is 32.0 Å². The summed E-state index contributed by atoms with van der Waals surface area (Å²) in [7, 11) is 0. The first kappa shape index (κ1) is 15.7. The van der Waals surface area contributed by atoms with Crippen LogP contribution in [0.15, 0.2) is 18.2 Å². The van der Waals surface area contributed by atoms with Crippen LogP contribution in [0.1, 0.15) is 25.0 Å². The molecule has 1 aromatic rings. The molecule has 0 aliphatic carbocycles. The predicted octanol–water partition coefficient (Wildman–Crippen LogP) is 4.57. The Hall–Kier alpha value is -1.40. The standard InChI is InChI=1S/C12H13F6N/c1-3-19(4-2)10-6-8(11(13,14)15)5-9(7-10)12(16,17)18/h5-7H,3-4H2,1-2H3. The average Bonchev–Trinajstić information content (AvgIpc) is 2.28. The largest absolute Gasteiger partial charge is 0.416 e. The van der Waals surface area contributed by atoms with Crippen molar-refractivity contribution in [2.75, 3.05) is 18.0 Å². The van der Waals surface area contributed by atoms with Crippen LogP contribution >= 0.6 is 0 Å². The molecule has 0 N–H and O–H groups in total. The quantitative estimate of drug-likeness (QED) is 0.735. The second-order valence-corrected chi connectivity index (χ2v) is 3.94. The van der Waals surface area contributed by atoms with Gasteiger partial charge in [-0.15, -0.1) is 0 Å². The molecule has 0 bridgehead atoms. The summed E-state index contributed by atoms with van der Waals surface area (Å²) in [6, 6.07) is 1.61. The van der Waals surface area contributed by atoms with E-state index in [0.29, 0.717) is 13.1 Å². The van der Waals surface area contributed by atoms with Gasteiger partial charge in [0.25, 0.3) is 0 Å². The number of nitrogens with zero attached hydrogens (tertiary/aromatic N) is 1. The molecule has 1 nitrogen and oxygen atoms in total. The van der Waals surface area contributed by atoms with Crippen molar-refractivity contribution in [1.29, 1.82) is 0 Å². The fourth-order valence-corrected chi connectivity index (χ4v) is 1.71. The molecule has 108 valence electrons. The van der Waals surface area contributed by atoms with Gasteiger partial charge in [-0.05, 0) is 32.0 Å². The molecule has 0 aliphatic rings. The zero-order chi connectivity index (χ0) is 14.8. The summed E-state index contributed by atoms with van der Waals surface area (Å²) in [5.74, 6) is 0. The predicted molar refractivity (Wildman–Crippen MR) is 60.0 cm³/mol. The molecule has 0 radical (unpaired) electrons. The zero-order valence-electron chi connectivity index (χ0n) is 10.4. The minimum atomic E-state index is -4.80. The summed E-state index contributed by atoms with van der Waals surface area (Å²) in [6.45, 7) is 3.98. The fourth-order valence-electron chi connectivity index (χ4n) is 1.71. The molecular weight excluding hydrogens is 272 g/mol. The van der Waals surface area contributed by atoms with Crippen molar-refractivity contribution in [3.8, 4) is 0 Å². The lowest BCUT2D eigenvalue weighted by molar-refractivity contribution is -0.143. The van der Waals surface area contributed by atoms with Crippen molar-refractivity contribution in [2.45, 2.75) is 26.2 Å². The third-order valence-electron chi connectivity index (χ3n) is 2.70. The van der Waals surface area contributed by atoms with Crippen LogP contribution in [0.5, 0.6) is 0 Å². The molecular formula is C12H13F6N. The van der Waals surface area contributed by atoms with Crippen molar-refractivity contribution in [2.24, 2.45) is 0 Å². The molecule has 0 spiro atoms. The highest BCUT2D eigenvalue weighted by Gasteiger charge is 2.37. The van der Waals surface area contributed by atoms with Gasteiger partial charge in [-0.25, -0.2) is 0 Å². The Morgan fingerprint density at radius 3 is 1.42 bits per heavy atom. The van der Waals surface area contributed by atoms with Gasteiger partial charge >= 0.3 is 12.4 Å². The first-order valence-electron chi connectivity index (χ1n) is 5.64. The van der Waals surface area contributed by atoms with Crippen molar-refractivity contribution >= 4 is 5.69 Å². The number of rotatable bonds is 3. The van der Waals surface area contributed by atoms with Gasteiger partial charge in [0.05, 0.1) is 11.1 Å². The van der Waals surface area contributed by atoms with Gasteiger partial charge in [0.2, 0.25) is 0 Å². The van der Waals surface area contributed by atoms with Crippen LogP contribution in [0.25, 0.3) is 0 Å². The molecule has 0 aromatic heterocycles. The van der Waals surface area contributed by atoms with Gasteiger partial charge < -0.3 is 4.90 Å². The normalized spacial score (nSPS) is 12.6. The van der Waals surface area contributed by atoms with Gasteiger partial charge in [0, 0.05) is 18.8 Å². The van der Waals surface area contributed by atoms with Crippen LogP contribution in [-0.2, 0) is 12.4 Å². The van der Waals surface area contributed by atoms with E-state index in [1.165, 1.54) is 4.90 Å². The van der Waals surface area contributed by atoms with E-state index >= 15 is 0 Å². The second-order valence-electron chi connectivity index (χ2n) is 3.94. The van der Waals surface area contributed by atoms with E-state index in [4.69, 9.17) is 0 Å². The SMILES string of the molecule is CCN(CC)c1cc(C(F)(F)F)cc(C(F)(F)F)c1. The Labute approximate surface area is 106 Å². The Morgan fingerprint density at radius 1 is 0.789 bits per heavy atom. The summed E-state index contributed by atoms with van der Waals surface area (Å²) in [5.41, 5.74) is -2.65. The number of benzene rings is 1. The van der Waals surface area contributed by atoms with Crippen molar-refractivity contribution < 1.29 is 26.3 Å². The minimum absolute atomic E-state index is 0.0767.